The van der Waals surface area contributed by atoms with Crippen molar-refractivity contribution >= 4 is 5.91 Å². The number of likely N-dealkylation sites (N-methyl/N-ethyl adjacent to an activating group) is 1. The summed E-state index contributed by atoms with van der Waals surface area (Å²) in [7, 11) is 0. The molecule has 2 atom stereocenters. The van der Waals surface area contributed by atoms with Gasteiger partial charge in [0.05, 0.1) is 0 Å². The van der Waals surface area contributed by atoms with Crippen LogP contribution >= 0.6 is 0 Å². The molecule has 0 saturated heterocycles. The van der Waals surface area contributed by atoms with Gasteiger partial charge in [-0.25, -0.2) is 0 Å². The molecule has 0 aromatic carbocycles. The van der Waals surface area contributed by atoms with Crippen LogP contribution in [0.25, 0.3) is 0 Å². The number of hydrogen-bond acceptors (Lipinski definition) is 3. The van der Waals surface area contributed by atoms with Gasteiger partial charge in [-0.3, -0.25) is 9.69 Å². The summed E-state index contributed by atoms with van der Waals surface area (Å²) in [4.78, 5) is 13.6. The average molecular weight is 227 g/mol. The molecule has 16 heavy (non-hydrogen) atoms. The van der Waals surface area contributed by atoms with Gasteiger partial charge in [0.1, 0.15) is 0 Å². The number of amides is 1. The van der Waals surface area contributed by atoms with E-state index in [4.69, 9.17) is 5.73 Å². The van der Waals surface area contributed by atoms with Crippen molar-refractivity contribution in [1.82, 2.24) is 10.2 Å². The summed E-state index contributed by atoms with van der Waals surface area (Å²) in [5.41, 5.74) is 5.63. The molecule has 1 amide bonds. The maximum atomic E-state index is 11.2. The van der Waals surface area contributed by atoms with Gasteiger partial charge in [0.15, 0.2) is 0 Å². The molecule has 0 spiro atoms. The summed E-state index contributed by atoms with van der Waals surface area (Å²) in [6, 6.07) is 0.795. The highest BCUT2D eigenvalue weighted by atomic mass is 16.1. The maximum absolute atomic E-state index is 11.2. The normalized spacial score (nSPS) is 25.8. The van der Waals surface area contributed by atoms with Gasteiger partial charge in [0, 0.05) is 32.1 Å². The van der Waals surface area contributed by atoms with E-state index >= 15 is 0 Å². The first-order chi connectivity index (χ1) is 7.69. The third kappa shape index (κ3) is 3.76. The summed E-state index contributed by atoms with van der Waals surface area (Å²) in [6.45, 7) is 6.40. The zero-order chi connectivity index (χ0) is 12.0. The molecule has 1 rings (SSSR count). The van der Waals surface area contributed by atoms with E-state index < -0.39 is 0 Å². The molecular weight excluding hydrogens is 202 g/mol. The molecule has 4 heteroatoms. The second kappa shape index (κ2) is 6.86. The Morgan fingerprint density at radius 2 is 2.12 bits per heavy atom. The van der Waals surface area contributed by atoms with Gasteiger partial charge in [0.2, 0.25) is 5.91 Å². The lowest BCUT2D eigenvalue weighted by molar-refractivity contribution is -0.120. The molecular formula is C12H25N3O. The molecule has 1 fully saturated rings. The van der Waals surface area contributed by atoms with E-state index in [0.717, 1.165) is 19.5 Å². The molecule has 94 valence electrons. The predicted molar refractivity (Wildman–Crippen MR) is 66.2 cm³/mol. The molecule has 0 aromatic heterocycles. The molecule has 0 bridgehead atoms. The highest BCUT2D eigenvalue weighted by molar-refractivity contribution is 5.73. The number of rotatable bonds is 5. The van der Waals surface area contributed by atoms with Crippen molar-refractivity contribution in [3.05, 3.63) is 0 Å². The molecule has 0 aromatic rings. The fourth-order valence-corrected chi connectivity index (χ4v) is 2.70. The largest absolute Gasteiger partial charge is 0.352 e. The third-order valence-corrected chi connectivity index (χ3v) is 3.41. The van der Waals surface area contributed by atoms with Gasteiger partial charge in [-0.1, -0.05) is 19.8 Å². The van der Waals surface area contributed by atoms with E-state index in [-0.39, 0.29) is 5.91 Å². The van der Waals surface area contributed by atoms with Crippen LogP contribution in [0.2, 0.25) is 0 Å². The molecule has 0 unspecified atom stereocenters. The van der Waals surface area contributed by atoms with Crippen LogP contribution in [-0.4, -0.2) is 42.5 Å². The van der Waals surface area contributed by atoms with Crippen molar-refractivity contribution in [2.75, 3.05) is 19.6 Å². The van der Waals surface area contributed by atoms with Crippen LogP contribution in [0.4, 0.5) is 0 Å². The molecule has 3 N–H and O–H groups in total. The highest BCUT2D eigenvalue weighted by Gasteiger charge is 2.29. The van der Waals surface area contributed by atoms with E-state index in [2.05, 4.69) is 17.1 Å². The summed E-state index contributed by atoms with van der Waals surface area (Å²) in [5.74, 6) is 0.0840. The van der Waals surface area contributed by atoms with E-state index in [1.54, 1.807) is 6.92 Å². The van der Waals surface area contributed by atoms with Gasteiger partial charge in [-0.05, 0) is 19.4 Å². The molecule has 0 radical (unpaired) electrons. The first kappa shape index (κ1) is 13.5. The minimum absolute atomic E-state index is 0.0840. The SMILES string of the molecule is CCN(CCN)[C@@H]1CCCC[C@@H]1NC(C)=O. The van der Waals surface area contributed by atoms with E-state index in [0.29, 0.717) is 18.6 Å². The van der Waals surface area contributed by atoms with Gasteiger partial charge in [-0.2, -0.15) is 0 Å². The lowest BCUT2D eigenvalue weighted by Gasteiger charge is -2.39. The minimum atomic E-state index is 0.0840. The number of carbonyl (C=O) groups is 1. The van der Waals surface area contributed by atoms with E-state index in [1.807, 2.05) is 0 Å². The molecule has 4 nitrogen and oxygen atoms in total. The Labute approximate surface area is 98.6 Å². The second-order valence-electron chi connectivity index (χ2n) is 4.58. The molecule has 0 aliphatic heterocycles. The number of carbonyl (C=O) groups excluding carboxylic acids is 1. The maximum Gasteiger partial charge on any atom is 0.217 e. The monoisotopic (exact) mass is 227 g/mol. The summed E-state index contributed by atoms with van der Waals surface area (Å²) >= 11 is 0. The first-order valence-electron chi connectivity index (χ1n) is 6.40. The molecule has 1 aliphatic carbocycles. The Balaban J connectivity index is 2.60. The molecule has 0 heterocycles. The van der Waals surface area contributed by atoms with Gasteiger partial charge in [0.25, 0.3) is 0 Å². The quantitative estimate of drug-likeness (QED) is 0.727. The molecule has 1 aliphatic rings. The summed E-state index contributed by atoms with van der Waals surface area (Å²) in [6.07, 6.45) is 4.77. The van der Waals surface area contributed by atoms with Crippen LogP contribution in [-0.2, 0) is 4.79 Å². The van der Waals surface area contributed by atoms with Gasteiger partial charge < -0.3 is 11.1 Å². The smallest absolute Gasteiger partial charge is 0.217 e. The zero-order valence-corrected chi connectivity index (χ0v) is 10.5. The highest BCUT2D eigenvalue weighted by Crippen LogP contribution is 2.23. The fraction of sp³-hybridized carbons (Fsp3) is 0.917. The van der Waals surface area contributed by atoms with Crippen molar-refractivity contribution in [1.29, 1.82) is 0 Å². The van der Waals surface area contributed by atoms with Gasteiger partial charge in [-0.15, -0.1) is 0 Å². The summed E-state index contributed by atoms with van der Waals surface area (Å²) < 4.78 is 0. The number of nitrogens with one attached hydrogen (secondary N) is 1. The Hall–Kier alpha value is -0.610. The third-order valence-electron chi connectivity index (χ3n) is 3.41. The lowest BCUT2D eigenvalue weighted by Crippen LogP contribution is -2.53. The van der Waals surface area contributed by atoms with Crippen molar-refractivity contribution in [3.63, 3.8) is 0 Å². The Morgan fingerprint density at radius 3 is 2.69 bits per heavy atom. The summed E-state index contributed by atoms with van der Waals surface area (Å²) in [5, 5.41) is 3.08. The van der Waals surface area contributed by atoms with Crippen LogP contribution in [0.5, 0.6) is 0 Å². The first-order valence-corrected chi connectivity index (χ1v) is 6.40. The number of hydrogen-bond donors (Lipinski definition) is 2. The van der Waals surface area contributed by atoms with Crippen LogP contribution in [0, 0.1) is 0 Å². The van der Waals surface area contributed by atoms with Crippen LogP contribution < -0.4 is 11.1 Å². The fourth-order valence-electron chi connectivity index (χ4n) is 2.70. The Kier molecular flexibility index (Phi) is 5.77. The second-order valence-corrected chi connectivity index (χ2v) is 4.58. The topological polar surface area (TPSA) is 58.4 Å². The number of nitrogens with two attached hydrogens (primary N) is 1. The minimum Gasteiger partial charge on any atom is -0.352 e. The van der Waals surface area contributed by atoms with Crippen molar-refractivity contribution in [3.8, 4) is 0 Å². The van der Waals surface area contributed by atoms with Crippen molar-refractivity contribution < 1.29 is 4.79 Å². The van der Waals surface area contributed by atoms with Crippen LogP contribution in [0.3, 0.4) is 0 Å². The Bertz CT molecular complexity index is 220. The van der Waals surface area contributed by atoms with E-state index in [1.165, 1.54) is 19.3 Å². The van der Waals surface area contributed by atoms with Crippen LogP contribution in [0.15, 0.2) is 0 Å². The van der Waals surface area contributed by atoms with Crippen LogP contribution in [0.1, 0.15) is 39.5 Å². The van der Waals surface area contributed by atoms with Crippen molar-refractivity contribution in [2.45, 2.75) is 51.6 Å². The van der Waals surface area contributed by atoms with E-state index in [9.17, 15) is 4.79 Å². The molecule has 1 saturated carbocycles. The average Bonchev–Trinajstić information content (AvgIpc) is 2.26. The standard InChI is InChI=1S/C12H25N3O/c1-3-15(9-8-13)12-7-5-4-6-11(12)14-10(2)16/h11-12H,3-9,13H2,1-2H3,(H,14,16)/t11-,12+/m0/s1. The van der Waals surface area contributed by atoms with Crippen molar-refractivity contribution in [2.24, 2.45) is 5.73 Å². The predicted octanol–water partition coefficient (Wildman–Crippen LogP) is 0.714. The van der Waals surface area contributed by atoms with Gasteiger partial charge >= 0.3 is 0 Å². The Morgan fingerprint density at radius 1 is 1.44 bits per heavy atom. The lowest BCUT2D eigenvalue weighted by atomic mass is 9.89. The number of nitrogens with zero attached hydrogens (tertiary/aromatic N) is 1. The zero-order valence-electron chi connectivity index (χ0n) is 10.5.